The minimum atomic E-state index is 0.113. The molecular formula is C16H24N2O2. The van der Waals surface area contributed by atoms with Crippen LogP contribution >= 0.6 is 0 Å². The minimum absolute atomic E-state index is 0.113. The zero-order chi connectivity index (χ0) is 14.5. The van der Waals surface area contributed by atoms with Gasteiger partial charge in [0.15, 0.2) is 0 Å². The highest BCUT2D eigenvalue weighted by Crippen LogP contribution is 2.25. The second-order valence-corrected chi connectivity index (χ2v) is 5.42. The van der Waals surface area contributed by atoms with E-state index in [4.69, 9.17) is 0 Å². The molecule has 1 fully saturated rings. The number of hydrogen-bond donors (Lipinski definition) is 2. The molecule has 1 aromatic carbocycles. The molecule has 0 aromatic heterocycles. The second kappa shape index (κ2) is 6.86. The molecule has 110 valence electrons. The smallest absolute Gasteiger partial charge is 0.227 e. The van der Waals surface area contributed by atoms with Crippen molar-refractivity contribution in [2.75, 3.05) is 18.1 Å². The third-order valence-electron chi connectivity index (χ3n) is 3.95. The molecule has 4 nitrogen and oxygen atoms in total. The van der Waals surface area contributed by atoms with Gasteiger partial charge in [-0.25, -0.2) is 0 Å². The predicted molar refractivity (Wildman–Crippen MR) is 80.7 cm³/mol. The molecule has 1 amide bonds. The summed E-state index contributed by atoms with van der Waals surface area (Å²) in [5.41, 5.74) is 2.13. The Kier molecular flexibility index (Phi) is 5.15. The van der Waals surface area contributed by atoms with Gasteiger partial charge in [-0.2, -0.15) is 0 Å². The summed E-state index contributed by atoms with van der Waals surface area (Å²) in [5, 5.41) is 12.7. The van der Waals surface area contributed by atoms with E-state index in [1.54, 1.807) is 0 Å². The van der Waals surface area contributed by atoms with Crippen LogP contribution in [0.5, 0.6) is 0 Å². The first-order valence-corrected chi connectivity index (χ1v) is 7.43. The summed E-state index contributed by atoms with van der Waals surface area (Å²) in [6, 6.07) is 8.39. The molecule has 2 rings (SSSR count). The van der Waals surface area contributed by atoms with Gasteiger partial charge in [-0.1, -0.05) is 19.1 Å². The summed E-state index contributed by atoms with van der Waals surface area (Å²) >= 11 is 0. The van der Waals surface area contributed by atoms with Crippen molar-refractivity contribution in [3.63, 3.8) is 0 Å². The highest BCUT2D eigenvalue weighted by molar-refractivity contribution is 5.95. The van der Waals surface area contributed by atoms with E-state index in [-0.39, 0.29) is 24.6 Å². The van der Waals surface area contributed by atoms with Crippen molar-refractivity contribution >= 4 is 11.6 Å². The van der Waals surface area contributed by atoms with Gasteiger partial charge in [-0.3, -0.25) is 4.79 Å². The maximum absolute atomic E-state index is 11.8. The topological polar surface area (TPSA) is 52.6 Å². The molecule has 2 atom stereocenters. The molecule has 1 heterocycles. The molecule has 0 radical (unpaired) electrons. The Morgan fingerprint density at radius 1 is 1.45 bits per heavy atom. The van der Waals surface area contributed by atoms with Crippen molar-refractivity contribution in [1.82, 2.24) is 5.32 Å². The summed E-state index contributed by atoms with van der Waals surface area (Å²) in [6.07, 6.45) is 2.49. The van der Waals surface area contributed by atoms with Gasteiger partial charge in [0.1, 0.15) is 0 Å². The lowest BCUT2D eigenvalue weighted by molar-refractivity contribution is -0.117. The number of hydrogen-bond acceptors (Lipinski definition) is 3. The Morgan fingerprint density at radius 3 is 2.85 bits per heavy atom. The fourth-order valence-electron chi connectivity index (χ4n) is 2.63. The lowest BCUT2D eigenvalue weighted by atomic mass is 10.1. The first kappa shape index (κ1) is 15.0. The maximum Gasteiger partial charge on any atom is 0.227 e. The van der Waals surface area contributed by atoms with Crippen LogP contribution < -0.4 is 10.2 Å². The first-order valence-electron chi connectivity index (χ1n) is 7.43. The van der Waals surface area contributed by atoms with Gasteiger partial charge in [0, 0.05) is 30.7 Å². The highest BCUT2D eigenvalue weighted by atomic mass is 16.3. The van der Waals surface area contributed by atoms with E-state index < -0.39 is 0 Å². The summed E-state index contributed by atoms with van der Waals surface area (Å²) in [7, 11) is 0. The van der Waals surface area contributed by atoms with Gasteiger partial charge in [-0.05, 0) is 37.5 Å². The maximum atomic E-state index is 11.8. The molecule has 1 saturated heterocycles. The molecular weight excluding hydrogens is 252 g/mol. The van der Waals surface area contributed by atoms with Crippen LogP contribution in [0.1, 0.15) is 44.7 Å². The number of nitrogens with zero attached hydrogens (tertiary/aromatic N) is 1. The number of nitrogens with one attached hydrogen (secondary N) is 1. The third-order valence-corrected chi connectivity index (χ3v) is 3.95. The Bertz CT molecular complexity index is 458. The summed E-state index contributed by atoms with van der Waals surface area (Å²) in [5.74, 6) is 0.213. The Morgan fingerprint density at radius 2 is 2.25 bits per heavy atom. The van der Waals surface area contributed by atoms with Crippen LogP contribution in [0.4, 0.5) is 5.69 Å². The first-order chi connectivity index (χ1) is 9.65. The number of amides is 1. The number of anilines is 1. The van der Waals surface area contributed by atoms with E-state index >= 15 is 0 Å². The summed E-state index contributed by atoms with van der Waals surface area (Å²) in [4.78, 5) is 13.7. The zero-order valence-corrected chi connectivity index (χ0v) is 12.3. The number of carbonyl (C=O) groups excluding carboxylic acids is 1. The number of aliphatic hydroxyl groups excluding tert-OH is 1. The summed E-state index contributed by atoms with van der Waals surface area (Å²) in [6.45, 7) is 5.10. The average Bonchev–Trinajstić information content (AvgIpc) is 2.90. The molecule has 1 aromatic rings. The van der Waals surface area contributed by atoms with E-state index in [0.29, 0.717) is 6.42 Å². The van der Waals surface area contributed by atoms with Crippen LogP contribution in [0.2, 0.25) is 0 Å². The zero-order valence-electron chi connectivity index (χ0n) is 12.3. The van der Waals surface area contributed by atoms with Crippen molar-refractivity contribution in [1.29, 1.82) is 0 Å². The quantitative estimate of drug-likeness (QED) is 0.838. The number of rotatable bonds is 6. The standard InChI is InChI=1S/C16H24N2O2/c1-3-14(11-19)17-12(2)13-6-4-7-15(10-13)18-9-5-8-16(18)20/h4,6-7,10,12,14,17,19H,3,5,8-9,11H2,1-2H3. The molecule has 2 N–H and O–H groups in total. The van der Waals surface area contributed by atoms with Crippen LogP contribution in [-0.2, 0) is 4.79 Å². The van der Waals surface area contributed by atoms with Gasteiger partial charge in [0.05, 0.1) is 6.61 Å². The minimum Gasteiger partial charge on any atom is -0.395 e. The monoisotopic (exact) mass is 276 g/mol. The Balaban J connectivity index is 2.10. The predicted octanol–water partition coefficient (Wildman–Crippen LogP) is 2.23. The molecule has 4 heteroatoms. The van der Waals surface area contributed by atoms with Crippen LogP contribution in [-0.4, -0.2) is 30.2 Å². The molecule has 1 aliphatic rings. The average molecular weight is 276 g/mol. The van der Waals surface area contributed by atoms with Crippen molar-refractivity contribution in [3.8, 4) is 0 Å². The van der Waals surface area contributed by atoms with Crippen molar-refractivity contribution in [2.45, 2.75) is 45.2 Å². The van der Waals surface area contributed by atoms with Crippen molar-refractivity contribution in [2.24, 2.45) is 0 Å². The molecule has 0 saturated carbocycles. The lowest BCUT2D eigenvalue weighted by Gasteiger charge is -2.23. The van der Waals surface area contributed by atoms with E-state index in [0.717, 1.165) is 30.6 Å². The fraction of sp³-hybridized carbons (Fsp3) is 0.562. The molecule has 20 heavy (non-hydrogen) atoms. The van der Waals surface area contributed by atoms with E-state index in [2.05, 4.69) is 31.3 Å². The van der Waals surface area contributed by atoms with Crippen LogP contribution in [0, 0.1) is 0 Å². The third kappa shape index (κ3) is 3.38. The van der Waals surface area contributed by atoms with E-state index in [1.807, 2.05) is 17.0 Å². The number of carbonyl (C=O) groups is 1. The van der Waals surface area contributed by atoms with Gasteiger partial charge in [-0.15, -0.1) is 0 Å². The van der Waals surface area contributed by atoms with E-state index in [9.17, 15) is 9.90 Å². The molecule has 0 spiro atoms. The van der Waals surface area contributed by atoms with Crippen LogP contribution in [0.3, 0.4) is 0 Å². The Hall–Kier alpha value is -1.39. The van der Waals surface area contributed by atoms with Crippen molar-refractivity contribution < 1.29 is 9.90 Å². The number of aliphatic hydroxyl groups is 1. The van der Waals surface area contributed by atoms with Crippen LogP contribution in [0.25, 0.3) is 0 Å². The Labute approximate surface area is 120 Å². The number of benzene rings is 1. The lowest BCUT2D eigenvalue weighted by Crippen LogP contribution is -2.34. The highest BCUT2D eigenvalue weighted by Gasteiger charge is 2.22. The fourth-order valence-corrected chi connectivity index (χ4v) is 2.63. The van der Waals surface area contributed by atoms with Gasteiger partial charge in [0.2, 0.25) is 5.91 Å². The van der Waals surface area contributed by atoms with Gasteiger partial charge < -0.3 is 15.3 Å². The second-order valence-electron chi connectivity index (χ2n) is 5.42. The van der Waals surface area contributed by atoms with Crippen molar-refractivity contribution in [3.05, 3.63) is 29.8 Å². The van der Waals surface area contributed by atoms with Gasteiger partial charge in [0.25, 0.3) is 0 Å². The SMILES string of the molecule is CCC(CO)NC(C)c1cccc(N2CCCC2=O)c1. The van der Waals surface area contributed by atoms with Crippen LogP contribution in [0.15, 0.2) is 24.3 Å². The largest absolute Gasteiger partial charge is 0.395 e. The molecule has 1 aliphatic heterocycles. The summed E-state index contributed by atoms with van der Waals surface area (Å²) < 4.78 is 0. The van der Waals surface area contributed by atoms with E-state index in [1.165, 1.54) is 0 Å². The van der Waals surface area contributed by atoms with Gasteiger partial charge >= 0.3 is 0 Å². The molecule has 2 unspecified atom stereocenters. The molecule has 0 aliphatic carbocycles. The molecule has 0 bridgehead atoms. The normalized spacial score (nSPS) is 18.4.